The molecule has 18 heavy (non-hydrogen) atoms. The topological polar surface area (TPSA) is 54.5 Å². The standard InChI is InChI=1S/C14H13NO3/c16-10-12-5-2-1-4-11(12)6-3-9-15-13(17)7-8-14(15)18/h1-5,9-10H,6-8H2. The first-order valence-electron chi connectivity index (χ1n) is 5.77. The molecule has 1 aliphatic heterocycles. The van der Waals surface area contributed by atoms with Gasteiger partial charge in [0.05, 0.1) is 0 Å². The van der Waals surface area contributed by atoms with Gasteiger partial charge >= 0.3 is 0 Å². The third-order valence-corrected chi connectivity index (χ3v) is 2.86. The van der Waals surface area contributed by atoms with Crippen LogP contribution in [0.25, 0.3) is 0 Å². The molecule has 1 aliphatic rings. The summed E-state index contributed by atoms with van der Waals surface area (Å²) in [5.74, 6) is -0.333. The number of carbonyl (C=O) groups excluding carboxylic acids is 3. The minimum Gasteiger partial charge on any atom is -0.298 e. The largest absolute Gasteiger partial charge is 0.298 e. The van der Waals surface area contributed by atoms with E-state index in [1.54, 1.807) is 18.2 Å². The summed E-state index contributed by atoms with van der Waals surface area (Å²) in [7, 11) is 0. The third kappa shape index (κ3) is 2.53. The van der Waals surface area contributed by atoms with Crippen LogP contribution in [0.2, 0.25) is 0 Å². The second-order valence-corrected chi connectivity index (χ2v) is 4.06. The number of nitrogens with zero attached hydrogens (tertiary/aromatic N) is 1. The normalized spacial score (nSPS) is 15.7. The van der Waals surface area contributed by atoms with Gasteiger partial charge in [-0.3, -0.25) is 19.3 Å². The zero-order chi connectivity index (χ0) is 13.0. The number of aldehydes is 1. The summed E-state index contributed by atoms with van der Waals surface area (Å²) < 4.78 is 0. The molecule has 0 unspecified atom stereocenters. The predicted octanol–water partition coefficient (Wildman–Crippen LogP) is 1.70. The van der Waals surface area contributed by atoms with Crippen molar-refractivity contribution in [2.24, 2.45) is 0 Å². The lowest BCUT2D eigenvalue weighted by Gasteiger charge is -2.06. The highest BCUT2D eigenvalue weighted by Crippen LogP contribution is 2.13. The van der Waals surface area contributed by atoms with Crippen LogP contribution < -0.4 is 0 Å². The molecule has 1 saturated heterocycles. The number of allylic oxidation sites excluding steroid dienone is 1. The fourth-order valence-electron chi connectivity index (χ4n) is 1.88. The van der Waals surface area contributed by atoms with Gasteiger partial charge in [-0.1, -0.05) is 30.3 Å². The number of hydrogen-bond acceptors (Lipinski definition) is 3. The number of benzene rings is 1. The van der Waals surface area contributed by atoms with Gasteiger partial charge in [-0.25, -0.2) is 0 Å². The fraction of sp³-hybridized carbons (Fsp3) is 0.214. The van der Waals surface area contributed by atoms with Gasteiger partial charge < -0.3 is 0 Å². The van der Waals surface area contributed by atoms with Gasteiger partial charge in [-0.05, 0) is 12.0 Å². The molecule has 0 aromatic heterocycles. The minimum absolute atomic E-state index is 0.167. The summed E-state index contributed by atoms with van der Waals surface area (Å²) in [6, 6.07) is 7.23. The van der Waals surface area contributed by atoms with E-state index in [0.29, 0.717) is 12.0 Å². The molecule has 1 heterocycles. The van der Waals surface area contributed by atoms with E-state index in [0.717, 1.165) is 16.7 Å². The van der Waals surface area contributed by atoms with Crippen LogP contribution in [0, 0.1) is 0 Å². The van der Waals surface area contributed by atoms with E-state index in [4.69, 9.17) is 0 Å². The minimum atomic E-state index is -0.167. The molecule has 92 valence electrons. The molecule has 0 radical (unpaired) electrons. The Bertz CT molecular complexity index is 504. The van der Waals surface area contributed by atoms with Crippen molar-refractivity contribution in [2.45, 2.75) is 19.3 Å². The van der Waals surface area contributed by atoms with E-state index in [1.807, 2.05) is 12.1 Å². The number of imide groups is 1. The second kappa shape index (κ2) is 5.40. The van der Waals surface area contributed by atoms with Gasteiger partial charge in [-0.2, -0.15) is 0 Å². The Balaban J connectivity index is 2.05. The van der Waals surface area contributed by atoms with E-state index in [1.165, 1.54) is 6.20 Å². The van der Waals surface area contributed by atoms with Crippen LogP contribution in [-0.4, -0.2) is 23.0 Å². The SMILES string of the molecule is O=Cc1ccccc1CC=CN1C(=O)CCC1=O. The molecule has 0 atom stereocenters. The Morgan fingerprint density at radius 1 is 1.11 bits per heavy atom. The van der Waals surface area contributed by atoms with Gasteiger partial charge in [0.1, 0.15) is 6.29 Å². The number of rotatable bonds is 4. The zero-order valence-corrected chi connectivity index (χ0v) is 9.83. The molecule has 2 amide bonds. The Morgan fingerprint density at radius 3 is 2.44 bits per heavy atom. The van der Waals surface area contributed by atoms with Crippen molar-refractivity contribution in [1.82, 2.24) is 4.90 Å². The van der Waals surface area contributed by atoms with Gasteiger partial charge in [0, 0.05) is 24.6 Å². The van der Waals surface area contributed by atoms with E-state index in [2.05, 4.69) is 0 Å². The van der Waals surface area contributed by atoms with Gasteiger partial charge in [0.25, 0.3) is 0 Å². The highest BCUT2D eigenvalue weighted by molar-refractivity contribution is 6.02. The van der Waals surface area contributed by atoms with Gasteiger partial charge in [-0.15, -0.1) is 0 Å². The Morgan fingerprint density at radius 2 is 1.78 bits per heavy atom. The van der Waals surface area contributed by atoms with Crippen molar-refractivity contribution in [2.75, 3.05) is 0 Å². The van der Waals surface area contributed by atoms with Crippen LogP contribution >= 0.6 is 0 Å². The molecule has 4 heteroatoms. The van der Waals surface area contributed by atoms with E-state index < -0.39 is 0 Å². The summed E-state index contributed by atoms with van der Waals surface area (Å²) in [5.41, 5.74) is 1.50. The Kier molecular flexibility index (Phi) is 3.67. The zero-order valence-electron chi connectivity index (χ0n) is 9.83. The lowest BCUT2D eigenvalue weighted by atomic mass is 10.1. The summed E-state index contributed by atoms with van der Waals surface area (Å²) in [4.78, 5) is 34.6. The first kappa shape index (κ1) is 12.2. The fourth-order valence-corrected chi connectivity index (χ4v) is 1.88. The molecule has 0 saturated carbocycles. The Labute approximate surface area is 105 Å². The highest BCUT2D eigenvalue weighted by Gasteiger charge is 2.26. The van der Waals surface area contributed by atoms with Crippen molar-refractivity contribution >= 4 is 18.1 Å². The lowest BCUT2D eigenvalue weighted by Crippen LogP contribution is -2.22. The molecular formula is C14H13NO3. The summed E-state index contributed by atoms with van der Waals surface area (Å²) >= 11 is 0. The monoisotopic (exact) mass is 243 g/mol. The Hall–Kier alpha value is -2.23. The first-order valence-corrected chi connectivity index (χ1v) is 5.77. The van der Waals surface area contributed by atoms with Crippen molar-refractivity contribution in [3.63, 3.8) is 0 Å². The van der Waals surface area contributed by atoms with Gasteiger partial charge in [0.15, 0.2) is 0 Å². The molecule has 0 bridgehead atoms. The van der Waals surface area contributed by atoms with E-state index in [-0.39, 0.29) is 24.7 Å². The molecule has 0 aliphatic carbocycles. The number of hydrogen-bond donors (Lipinski definition) is 0. The van der Waals surface area contributed by atoms with Crippen LogP contribution in [0.3, 0.4) is 0 Å². The number of likely N-dealkylation sites (tertiary alicyclic amines) is 1. The molecule has 4 nitrogen and oxygen atoms in total. The third-order valence-electron chi connectivity index (χ3n) is 2.86. The lowest BCUT2D eigenvalue weighted by molar-refractivity contribution is -0.135. The number of carbonyl (C=O) groups is 3. The smallest absolute Gasteiger partial charge is 0.233 e. The number of amides is 2. The first-order chi connectivity index (χ1) is 8.72. The maximum atomic E-state index is 11.3. The van der Waals surface area contributed by atoms with Crippen molar-refractivity contribution < 1.29 is 14.4 Å². The molecule has 0 spiro atoms. The molecule has 0 N–H and O–H groups in total. The van der Waals surface area contributed by atoms with Crippen LogP contribution in [0.15, 0.2) is 36.5 Å². The van der Waals surface area contributed by atoms with Gasteiger partial charge in [0.2, 0.25) is 11.8 Å². The van der Waals surface area contributed by atoms with Crippen LogP contribution in [0.4, 0.5) is 0 Å². The average Bonchev–Trinajstić information content (AvgIpc) is 2.71. The van der Waals surface area contributed by atoms with Crippen molar-refractivity contribution in [3.05, 3.63) is 47.7 Å². The summed E-state index contributed by atoms with van der Waals surface area (Å²) in [6.45, 7) is 0. The molecule has 1 fully saturated rings. The molecule has 2 rings (SSSR count). The molecule has 1 aromatic rings. The highest BCUT2D eigenvalue weighted by atomic mass is 16.2. The average molecular weight is 243 g/mol. The molecular weight excluding hydrogens is 230 g/mol. The summed E-state index contributed by atoms with van der Waals surface area (Å²) in [6.07, 6.45) is 5.12. The predicted molar refractivity (Wildman–Crippen MR) is 65.8 cm³/mol. The van der Waals surface area contributed by atoms with E-state index in [9.17, 15) is 14.4 Å². The second-order valence-electron chi connectivity index (χ2n) is 4.06. The maximum Gasteiger partial charge on any atom is 0.233 e. The van der Waals surface area contributed by atoms with Crippen LogP contribution in [0.1, 0.15) is 28.8 Å². The van der Waals surface area contributed by atoms with Crippen LogP contribution in [0.5, 0.6) is 0 Å². The van der Waals surface area contributed by atoms with Crippen molar-refractivity contribution in [1.29, 1.82) is 0 Å². The molecule has 1 aromatic carbocycles. The quantitative estimate of drug-likeness (QED) is 0.597. The maximum absolute atomic E-state index is 11.3. The van der Waals surface area contributed by atoms with Crippen LogP contribution in [-0.2, 0) is 16.0 Å². The summed E-state index contributed by atoms with van der Waals surface area (Å²) in [5, 5.41) is 0. The van der Waals surface area contributed by atoms with E-state index >= 15 is 0 Å². The van der Waals surface area contributed by atoms with Crippen molar-refractivity contribution in [3.8, 4) is 0 Å².